The summed E-state index contributed by atoms with van der Waals surface area (Å²) in [7, 11) is 0. The number of hydrogen-bond acceptors (Lipinski definition) is 5. The van der Waals surface area contributed by atoms with Gasteiger partial charge in [0.2, 0.25) is 5.91 Å². The van der Waals surface area contributed by atoms with E-state index in [1.54, 1.807) is 37.1 Å². The van der Waals surface area contributed by atoms with Crippen molar-refractivity contribution in [2.45, 2.75) is 70.2 Å². The molecule has 6 nitrogen and oxygen atoms in total. The molecule has 188 valence electrons. The second-order valence-corrected chi connectivity index (χ2v) is 11.0. The fourth-order valence-corrected chi connectivity index (χ4v) is 5.57. The number of rotatable bonds is 3. The molecule has 1 saturated carbocycles. The van der Waals surface area contributed by atoms with Gasteiger partial charge in [0.1, 0.15) is 11.4 Å². The van der Waals surface area contributed by atoms with Gasteiger partial charge < -0.3 is 9.64 Å². The van der Waals surface area contributed by atoms with Gasteiger partial charge in [-0.2, -0.15) is 13.2 Å². The summed E-state index contributed by atoms with van der Waals surface area (Å²) in [6.07, 6.45) is -4.05. The van der Waals surface area contributed by atoms with Crippen LogP contribution in [-0.4, -0.2) is 34.8 Å². The summed E-state index contributed by atoms with van der Waals surface area (Å²) in [6.45, 7) is 5.66. The van der Waals surface area contributed by atoms with Crippen LogP contribution in [0.25, 0.3) is 0 Å². The van der Waals surface area contributed by atoms with Gasteiger partial charge in [-0.15, -0.1) is 11.3 Å². The molecule has 0 radical (unpaired) electrons. The third-order valence-corrected chi connectivity index (χ3v) is 7.19. The number of Topliss-reactive ketones (excluding diaryl/α,β-unsaturated/α-hetero) is 1. The molecule has 4 rings (SSSR count). The Balaban J connectivity index is 1.58. The molecule has 1 aliphatic carbocycles. The highest BCUT2D eigenvalue weighted by Crippen LogP contribution is 2.44. The molecule has 2 aromatic rings. The van der Waals surface area contributed by atoms with Crippen LogP contribution in [0.4, 0.5) is 23.0 Å². The topological polar surface area (TPSA) is 75.7 Å². The van der Waals surface area contributed by atoms with E-state index in [1.165, 1.54) is 17.4 Å². The first kappa shape index (κ1) is 25.2. The number of carbonyl (C=O) groups excluding carboxylic acids is 3. The summed E-state index contributed by atoms with van der Waals surface area (Å²) >= 11 is 1.23. The average Bonchev–Trinajstić information content (AvgIpc) is 3.37. The molecule has 1 fully saturated rings. The smallest absolute Gasteiger partial charge is 0.416 e. The molecule has 1 aliphatic heterocycles. The highest BCUT2D eigenvalue weighted by molar-refractivity contribution is 7.14. The van der Waals surface area contributed by atoms with E-state index in [9.17, 15) is 27.6 Å². The minimum Gasteiger partial charge on any atom is -0.444 e. The van der Waals surface area contributed by atoms with E-state index in [0.29, 0.717) is 35.5 Å². The molecular weight excluding hydrogens is 481 g/mol. The number of ketones is 1. The molecule has 1 atom stereocenters. The lowest BCUT2D eigenvalue weighted by Gasteiger charge is -2.36. The van der Waals surface area contributed by atoms with Gasteiger partial charge in [-0.3, -0.25) is 14.9 Å². The third kappa shape index (κ3) is 5.37. The normalized spacial score (nSPS) is 20.5. The number of nitrogens with one attached hydrogen (secondary N) is 1. The summed E-state index contributed by atoms with van der Waals surface area (Å²) in [5.41, 5.74) is -0.628. The second-order valence-electron chi connectivity index (χ2n) is 10.1. The number of fused-ring (bicyclic) bond motifs is 1. The first-order valence-corrected chi connectivity index (χ1v) is 12.2. The number of carbonyl (C=O) groups is 3. The number of benzene rings is 1. The maximum Gasteiger partial charge on any atom is 0.416 e. The fourth-order valence-electron chi connectivity index (χ4n) is 4.68. The first-order chi connectivity index (χ1) is 16.3. The van der Waals surface area contributed by atoms with Gasteiger partial charge in [0, 0.05) is 25.9 Å². The monoisotopic (exact) mass is 508 g/mol. The summed E-state index contributed by atoms with van der Waals surface area (Å²) in [5.74, 6) is -0.309. The summed E-state index contributed by atoms with van der Waals surface area (Å²) < 4.78 is 44.9. The molecule has 2 aliphatic rings. The Morgan fingerprint density at radius 2 is 1.86 bits per heavy atom. The summed E-state index contributed by atoms with van der Waals surface area (Å²) in [5, 5.41) is 4.90. The summed E-state index contributed by atoms with van der Waals surface area (Å²) in [6, 6.07) is 5.33. The first-order valence-electron chi connectivity index (χ1n) is 11.4. The molecule has 2 heterocycles. The highest BCUT2D eigenvalue weighted by Gasteiger charge is 2.49. The minimum absolute atomic E-state index is 0.0282. The SMILES string of the molecule is CC(C)(C)OC(=O)Nc1cc(C2(C(=O)N3CCc4ccc(C(F)(F)F)cc4C3)CCC(=O)C2)cs1. The number of hydrogen-bond donors (Lipinski definition) is 1. The maximum atomic E-state index is 13.8. The van der Waals surface area contributed by atoms with E-state index in [2.05, 4.69) is 5.32 Å². The van der Waals surface area contributed by atoms with E-state index in [1.807, 2.05) is 0 Å². The van der Waals surface area contributed by atoms with Crippen LogP contribution in [0.5, 0.6) is 0 Å². The van der Waals surface area contributed by atoms with Crippen LogP contribution in [0.15, 0.2) is 29.6 Å². The van der Waals surface area contributed by atoms with Crippen molar-refractivity contribution in [3.8, 4) is 0 Å². The van der Waals surface area contributed by atoms with Crippen LogP contribution < -0.4 is 5.32 Å². The van der Waals surface area contributed by atoms with E-state index in [4.69, 9.17) is 4.74 Å². The Morgan fingerprint density at radius 1 is 1.11 bits per heavy atom. The largest absolute Gasteiger partial charge is 0.444 e. The predicted molar refractivity (Wildman–Crippen MR) is 125 cm³/mol. The standard InChI is InChI=1S/C25H27F3N2O4S/c1-23(2,3)34-22(33)29-20-11-18(14-35-20)24(8-6-19(31)12-24)21(32)30-9-7-15-4-5-17(25(26,27)28)10-16(15)13-30/h4-5,10-11,14H,6-9,12-13H2,1-3H3,(H,29,33). The Bertz CT molecular complexity index is 1170. The number of amides is 2. The van der Waals surface area contributed by atoms with Crippen molar-refractivity contribution in [3.05, 3.63) is 51.9 Å². The molecule has 0 spiro atoms. The number of halogens is 3. The lowest BCUT2D eigenvalue weighted by atomic mass is 9.78. The van der Waals surface area contributed by atoms with Crippen molar-refractivity contribution >= 4 is 34.1 Å². The van der Waals surface area contributed by atoms with E-state index in [0.717, 1.165) is 17.7 Å². The van der Waals surface area contributed by atoms with Gasteiger partial charge in [-0.1, -0.05) is 6.07 Å². The van der Waals surface area contributed by atoms with Crippen molar-refractivity contribution in [3.63, 3.8) is 0 Å². The quantitative estimate of drug-likeness (QED) is 0.578. The van der Waals surface area contributed by atoms with Crippen molar-refractivity contribution in [2.24, 2.45) is 0 Å². The van der Waals surface area contributed by atoms with Crippen molar-refractivity contribution in [1.29, 1.82) is 0 Å². The Hall–Kier alpha value is -2.88. The van der Waals surface area contributed by atoms with Crippen LogP contribution in [0.1, 0.15) is 62.3 Å². The number of ether oxygens (including phenoxy) is 1. The fraction of sp³-hybridized carbons (Fsp3) is 0.480. The lowest BCUT2D eigenvalue weighted by Crippen LogP contribution is -2.47. The van der Waals surface area contributed by atoms with Gasteiger partial charge in [0.25, 0.3) is 0 Å². The van der Waals surface area contributed by atoms with Crippen LogP contribution in [0.3, 0.4) is 0 Å². The number of alkyl halides is 3. The average molecular weight is 509 g/mol. The molecule has 0 saturated heterocycles. The van der Waals surface area contributed by atoms with E-state index >= 15 is 0 Å². The van der Waals surface area contributed by atoms with Crippen molar-refractivity contribution < 1.29 is 32.3 Å². The van der Waals surface area contributed by atoms with Crippen molar-refractivity contribution in [1.82, 2.24) is 4.90 Å². The molecule has 1 aromatic carbocycles. The zero-order valence-electron chi connectivity index (χ0n) is 19.8. The highest BCUT2D eigenvalue weighted by atomic mass is 32.1. The molecule has 1 N–H and O–H groups in total. The summed E-state index contributed by atoms with van der Waals surface area (Å²) in [4.78, 5) is 39.9. The molecule has 35 heavy (non-hydrogen) atoms. The van der Waals surface area contributed by atoms with Crippen LogP contribution >= 0.6 is 11.3 Å². The number of thiophene rings is 1. The molecular formula is C25H27F3N2O4S. The third-order valence-electron chi connectivity index (χ3n) is 6.35. The lowest BCUT2D eigenvalue weighted by molar-refractivity contribution is -0.139. The van der Waals surface area contributed by atoms with Gasteiger partial charge in [-0.25, -0.2) is 4.79 Å². The number of anilines is 1. The predicted octanol–water partition coefficient (Wildman–Crippen LogP) is 5.69. The Kier molecular flexibility index (Phi) is 6.46. The van der Waals surface area contributed by atoms with Crippen LogP contribution in [0, 0.1) is 0 Å². The molecule has 1 aromatic heterocycles. The number of nitrogens with zero attached hydrogens (tertiary/aromatic N) is 1. The van der Waals surface area contributed by atoms with Gasteiger partial charge >= 0.3 is 12.3 Å². The van der Waals surface area contributed by atoms with Crippen LogP contribution in [-0.2, 0) is 38.9 Å². The Labute approximate surface area is 205 Å². The molecule has 0 bridgehead atoms. The molecule has 10 heteroatoms. The van der Waals surface area contributed by atoms with E-state index < -0.39 is 28.8 Å². The zero-order valence-corrected chi connectivity index (χ0v) is 20.6. The van der Waals surface area contributed by atoms with Gasteiger partial charge in [0.05, 0.1) is 16.0 Å². The Morgan fingerprint density at radius 3 is 2.49 bits per heavy atom. The molecule has 2 amide bonds. The maximum absolute atomic E-state index is 13.8. The zero-order chi connectivity index (χ0) is 25.6. The van der Waals surface area contributed by atoms with Gasteiger partial charge in [0.15, 0.2) is 0 Å². The second kappa shape index (κ2) is 8.96. The van der Waals surface area contributed by atoms with Crippen molar-refractivity contribution in [2.75, 3.05) is 11.9 Å². The van der Waals surface area contributed by atoms with E-state index in [-0.39, 0.29) is 31.1 Å². The minimum atomic E-state index is -4.46. The molecule has 1 unspecified atom stereocenters. The van der Waals surface area contributed by atoms with Gasteiger partial charge in [-0.05, 0) is 73.9 Å². The van der Waals surface area contributed by atoms with Crippen LogP contribution in [0.2, 0.25) is 0 Å².